The third-order valence-corrected chi connectivity index (χ3v) is 4.62. The van der Waals surface area contributed by atoms with E-state index in [0.29, 0.717) is 5.92 Å². The summed E-state index contributed by atoms with van der Waals surface area (Å²) in [5.74, 6) is 0.590. The molecular weight excluding hydrogens is 270 g/mol. The van der Waals surface area contributed by atoms with Gasteiger partial charge in [-0.05, 0) is 48.3 Å². The van der Waals surface area contributed by atoms with Crippen molar-refractivity contribution in [1.82, 2.24) is 4.57 Å². The smallest absolute Gasteiger partial charge is 0.258 e. The summed E-state index contributed by atoms with van der Waals surface area (Å²) in [4.78, 5) is 12.8. The van der Waals surface area contributed by atoms with E-state index in [0.717, 1.165) is 27.6 Å². The Morgan fingerprint density at radius 2 is 1.73 bits per heavy atom. The largest absolute Gasteiger partial charge is 0.310 e. The Hall–Kier alpha value is -2.35. The molecule has 110 valence electrons. The van der Waals surface area contributed by atoms with Crippen LogP contribution in [0.2, 0.25) is 0 Å². The molecule has 0 aliphatic heterocycles. The van der Waals surface area contributed by atoms with E-state index in [1.807, 2.05) is 42.8 Å². The lowest BCUT2D eigenvalue weighted by molar-refractivity contribution is 0.866. The van der Waals surface area contributed by atoms with Crippen molar-refractivity contribution in [2.75, 3.05) is 0 Å². The highest BCUT2D eigenvalue weighted by Crippen LogP contribution is 2.46. The third kappa shape index (κ3) is 1.98. The minimum Gasteiger partial charge on any atom is -0.310 e. The van der Waals surface area contributed by atoms with Crippen LogP contribution in [-0.4, -0.2) is 4.57 Å². The second-order valence-electron chi connectivity index (χ2n) is 6.32. The van der Waals surface area contributed by atoms with Gasteiger partial charge < -0.3 is 4.57 Å². The zero-order valence-corrected chi connectivity index (χ0v) is 13.0. The van der Waals surface area contributed by atoms with Crippen molar-refractivity contribution in [3.8, 4) is 11.3 Å². The Labute approximate surface area is 130 Å². The normalized spacial score (nSPS) is 14.5. The molecule has 2 aromatic carbocycles. The highest BCUT2D eigenvalue weighted by atomic mass is 16.1. The van der Waals surface area contributed by atoms with Gasteiger partial charge in [0.15, 0.2) is 0 Å². The minimum absolute atomic E-state index is 0.0990. The van der Waals surface area contributed by atoms with Gasteiger partial charge in [0.2, 0.25) is 0 Å². The van der Waals surface area contributed by atoms with Crippen LogP contribution < -0.4 is 5.56 Å². The van der Waals surface area contributed by atoms with E-state index >= 15 is 0 Å². The van der Waals surface area contributed by atoms with Gasteiger partial charge in [0, 0.05) is 12.4 Å². The average Bonchev–Trinajstić information content (AvgIpc) is 3.36. The number of rotatable bonds is 2. The van der Waals surface area contributed by atoms with Crippen molar-refractivity contribution in [3.63, 3.8) is 0 Å². The Balaban J connectivity index is 2.16. The first-order valence-corrected chi connectivity index (χ1v) is 7.85. The van der Waals surface area contributed by atoms with E-state index in [4.69, 9.17) is 0 Å². The number of hydrogen-bond acceptors (Lipinski definition) is 1. The molecule has 0 unspecified atom stereocenters. The molecule has 0 amide bonds. The number of benzene rings is 2. The monoisotopic (exact) mass is 289 g/mol. The van der Waals surface area contributed by atoms with E-state index in [9.17, 15) is 4.79 Å². The van der Waals surface area contributed by atoms with Gasteiger partial charge in [0.25, 0.3) is 5.56 Å². The highest BCUT2D eigenvalue weighted by molar-refractivity contribution is 5.91. The average molecular weight is 289 g/mol. The molecule has 3 aromatic rings. The van der Waals surface area contributed by atoms with Crippen molar-refractivity contribution in [3.05, 3.63) is 70.0 Å². The zero-order valence-electron chi connectivity index (χ0n) is 13.0. The summed E-state index contributed by atoms with van der Waals surface area (Å²) in [5.41, 5.74) is 4.81. The van der Waals surface area contributed by atoms with Gasteiger partial charge in [-0.15, -0.1) is 0 Å². The van der Waals surface area contributed by atoms with Gasteiger partial charge in [-0.1, -0.05) is 48.0 Å². The van der Waals surface area contributed by atoms with E-state index < -0.39 is 0 Å². The summed E-state index contributed by atoms with van der Waals surface area (Å²) < 4.78 is 1.84. The Morgan fingerprint density at radius 3 is 2.41 bits per heavy atom. The van der Waals surface area contributed by atoms with Gasteiger partial charge in [-0.25, -0.2) is 0 Å². The van der Waals surface area contributed by atoms with Crippen LogP contribution in [0.1, 0.15) is 29.9 Å². The summed E-state index contributed by atoms with van der Waals surface area (Å²) in [6, 6.07) is 16.6. The summed E-state index contributed by atoms with van der Waals surface area (Å²) in [6.07, 6.45) is 2.45. The molecule has 2 nitrogen and oxygen atoms in total. The molecule has 1 saturated carbocycles. The van der Waals surface area contributed by atoms with Crippen molar-refractivity contribution < 1.29 is 0 Å². The van der Waals surface area contributed by atoms with Crippen LogP contribution in [0.3, 0.4) is 0 Å². The van der Waals surface area contributed by atoms with Crippen LogP contribution in [0, 0.1) is 6.92 Å². The van der Waals surface area contributed by atoms with Crippen molar-refractivity contribution >= 4 is 10.8 Å². The summed E-state index contributed by atoms with van der Waals surface area (Å²) in [5, 5.41) is 1.99. The van der Waals surface area contributed by atoms with Crippen LogP contribution in [0.4, 0.5) is 0 Å². The molecule has 1 heterocycles. The number of pyridine rings is 1. The molecule has 1 aliphatic carbocycles. The molecule has 0 radical (unpaired) electrons. The Morgan fingerprint density at radius 1 is 1.00 bits per heavy atom. The van der Waals surface area contributed by atoms with Crippen molar-refractivity contribution in [2.24, 2.45) is 7.05 Å². The number of aryl methyl sites for hydroxylation is 1. The third-order valence-electron chi connectivity index (χ3n) is 4.62. The molecule has 1 aromatic heterocycles. The molecule has 2 heteroatoms. The predicted molar refractivity (Wildman–Crippen MR) is 91.3 cm³/mol. The van der Waals surface area contributed by atoms with Crippen LogP contribution in [0.25, 0.3) is 22.0 Å². The molecule has 0 N–H and O–H groups in total. The van der Waals surface area contributed by atoms with Gasteiger partial charge >= 0.3 is 0 Å². The van der Waals surface area contributed by atoms with Crippen molar-refractivity contribution in [2.45, 2.75) is 25.7 Å². The van der Waals surface area contributed by atoms with Gasteiger partial charge in [0.05, 0.1) is 5.69 Å². The molecule has 0 bridgehead atoms. The molecule has 0 saturated heterocycles. The number of aromatic nitrogens is 1. The van der Waals surface area contributed by atoms with Crippen molar-refractivity contribution in [1.29, 1.82) is 0 Å². The lowest BCUT2D eigenvalue weighted by Gasteiger charge is -2.17. The second-order valence-corrected chi connectivity index (χ2v) is 6.32. The van der Waals surface area contributed by atoms with E-state index in [2.05, 4.69) is 24.3 Å². The topological polar surface area (TPSA) is 22.0 Å². The Bertz CT molecular complexity index is 918. The van der Waals surface area contributed by atoms with Crippen LogP contribution in [0.5, 0.6) is 0 Å². The molecule has 22 heavy (non-hydrogen) atoms. The van der Waals surface area contributed by atoms with Gasteiger partial charge in [-0.3, -0.25) is 4.79 Å². The molecule has 1 fully saturated rings. The van der Waals surface area contributed by atoms with Crippen LogP contribution in [-0.2, 0) is 7.05 Å². The lowest BCUT2D eigenvalue weighted by Crippen LogP contribution is -2.20. The summed E-state index contributed by atoms with van der Waals surface area (Å²) in [7, 11) is 1.90. The molecular formula is C20H19NO. The van der Waals surface area contributed by atoms with Crippen LogP contribution >= 0.6 is 0 Å². The highest BCUT2D eigenvalue weighted by Gasteiger charge is 2.30. The van der Waals surface area contributed by atoms with Gasteiger partial charge in [-0.2, -0.15) is 0 Å². The number of hydrogen-bond donors (Lipinski definition) is 0. The standard InChI is InChI=1S/C20H19NO/c1-13-8-11-16-17(12-13)20(22)21(2)19(18(16)14-9-10-14)15-6-4-3-5-7-15/h3-8,11-12,14H,9-10H2,1-2H3. The fourth-order valence-electron chi connectivity index (χ4n) is 3.39. The first kappa shape index (κ1) is 13.3. The zero-order chi connectivity index (χ0) is 15.3. The van der Waals surface area contributed by atoms with Gasteiger partial charge in [0.1, 0.15) is 0 Å². The first-order chi connectivity index (χ1) is 10.7. The fourth-order valence-corrected chi connectivity index (χ4v) is 3.39. The molecule has 4 rings (SSSR count). The van der Waals surface area contributed by atoms with Crippen LogP contribution in [0.15, 0.2) is 53.3 Å². The number of nitrogens with zero attached hydrogens (tertiary/aromatic N) is 1. The van der Waals surface area contributed by atoms with E-state index in [-0.39, 0.29) is 5.56 Å². The first-order valence-electron chi connectivity index (χ1n) is 7.85. The maximum Gasteiger partial charge on any atom is 0.258 e. The summed E-state index contributed by atoms with van der Waals surface area (Å²) >= 11 is 0. The Kier molecular flexibility index (Phi) is 2.93. The summed E-state index contributed by atoms with van der Waals surface area (Å²) in [6.45, 7) is 2.04. The van der Waals surface area contributed by atoms with E-state index in [1.165, 1.54) is 18.4 Å². The lowest BCUT2D eigenvalue weighted by atomic mass is 9.95. The maximum absolute atomic E-state index is 12.8. The molecule has 0 spiro atoms. The molecule has 1 aliphatic rings. The quantitative estimate of drug-likeness (QED) is 0.685. The second kappa shape index (κ2) is 4.84. The fraction of sp³-hybridized carbons (Fsp3) is 0.250. The van der Waals surface area contributed by atoms with E-state index in [1.54, 1.807) is 0 Å². The maximum atomic E-state index is 12.8. The predicted octanol–water partition coefficient (Wildman–Crippen LogP) is 4.39. The number of fused-ring (bicyclic) bond motifs is 1. The SMILES string of the molecule is Cc1ccc2c(C3CC3)c(-c3ccccc3)n(C)c(=O)c2c1. The minimum atomic E-state index is 0.0990. The molecule has 0 atom stereocenters.